The molecule has 1 aliphatic rings. The molecule has 1 heterocycles. The van der Waals surface area contributed by atoms with Crippen molar-refractivity contribution in [2.24, 2.45) is 0 Å². The van der Waals surface area contributed by atoms with Gasteiger partial charge < -0.3 is 23.8 Å². The van der Waals surface area contributed by atoms with Crippen LogP contribution >= 0.6 is 0 Å². The molecule has 0 radical (unpaired) electrons. The van der Waals surface area contributed by atoms with E-state index in [2.05, 4.69) is 6.58 Å². The van der Waals surface area contributed by atoms with Gasteiger partial charge >= 0.3 is 0 Å². The van der Waals surface area contributed by atoms with E-state index in [1.165, 1.54) is 0 Å². The standard InChI is InChI=1S/C24H29NO5/c1-4-12-30-22-11-10-19(15-23(22)28-3)24(26)25(17-21-9-6-13-29-21)16-18-7-5-8-20(14-18)27-2/h4-5,7-8,10-11,14-15,21H,1,6,9,12-13,16-17H2,2-3H3. The highest BCUT2D eigenvalue weighted by atomic mass is 16.5. The fourth-order valence-electron chi connectivity index (χ4n) is 3.50. The third kappa shape index (κ3) is 5.54. The molecule has 1 amide bonds. The third-order valence-electron chi connectivity index (χ3n) is 5.01. The number of hydrogen-bond acceptors (Lipinski definition) is 5. The van der Waals surface area contributed by atoms with E-state index in [1.807, 2.05) is 29.2 Å². The van der Waals surface area contributed by atoms with Gasteiger partial charge in [-0.05, 0) is 48.7 Å². The number of ether oxygens (including phenoxy) is 4. The minimum absolute atomic E-state index is 0.0525. The van der Waals surface area contributed by atoms with Gasteiger partial charge in [0.2, 0.25) is 0 Å². The quantitative estimate of drug-likeness (QED) is 0.551. The first-order valence-electron chi connectivity index (χ1n) is 10.1. The number of carbonyl (C=O) groups is 1. The normalized spacial score (nSPS) is 15.5. The van der Waals surface area contributed by atoms with Crippen LogP contribution in [0.25, 0.3) is 0 Å². The zero-order chi connectivity index (χ0) is 21.3. The van der Waals surface area contributed by atoms with Crippen LogP contribution in [0.2, 0.25) is 0 Å². The Morgan fingerprint density at radius 3 is 2.77 bits per heavy atom. The zero-order valence-electron chi connectivity index (χ0n) is 17.6. The van der Waals surface area contributed by atoms with E-state index in [-0.39, 0.29) is 12.0 Å². The van der Waals surface area contributed by atoms with E-state index in [0.29, 0.717) is 36.8 Å². The first kappa shape index (κ1) is 21.7. The van der Waals surface area contributed by atoms with E-state index in [0.717, 1.165) is 30.8 Å². The lowest BCUT2D eigenvalue weighted by molar-refractivity contribution is 0.0507. The lowest BCUT2D eigenvalue weighted by Crippen LogP contribution is -2.37. The van der Waals surface area contributed by atoms with Crippen molar-refractivity contribution in [3.63, 3.8) is 0 Å². The fourth-order valence-corrected chi connectivity index (χ4v) is 3.50. The Morgan fingerprint density at radius 2 is 2.07 bits per heavy atom. The molecule has 0 bridgehead atoms. The number of benzene rings is 2. The predicted octanol–water partition coefficient (Wildman–Crippen LogP) is 4.09. The van der Waals surface area contributed by atoms with Crippen LogP contribution in [0.15, 0.2) is 55.1 Å². The van der Waals surface area contributed by atoms with Crippen molar-refractivity contribution in [1.29, 1.82) is 0 Å². The summed E-state index contributed by atoms with van der Waals surface area (Å²) in [5, 5.41) is 0. The minimum atomic E-state index is -0.0816. The van der Waals surface area contributed by atoms with E-state index in [4.69, 9.17) is 18.9 Å². The molecule has 2 aromatic rings. The van der Waals surface area contributed by atoms with Gasteiger partial charge in [-0.2, -0.15) is 0 Å². The fraction of sp³-hybridized carbons (Fsp3) is 0.375. The van der Waals surface area contributed by atoms with Crippen molar-refractivity contribution in [2.45, 2.75) is 25.5 Å². The summed E-state index contributed by atoms with van der Waals surface area (Å²) in [6.45, 7) is 5.76. The molecule has 1 atom stereocenters. The van der Waals surface area contributed by atoms with Crippen LogP contribution in [0, 0.1) is 0 Å². The average Bonchev–Trinajstić information content (AvgIpc) is 3.30. The predicted molar refractivity (Wildman–Crippen MR) is 115 cm³/mol. The van der Waals surface area contributed by atoms with Gasteiger partial charge in [0, 0.05) is 25.3 Å². The second-order valence-corrected chi connectivity index (χ2v) is 7.14. The van der Waals surface area contributed by atoms with Crippen LogP contribution in [0.5, 0.6) is 17.2 Å². The molecule has 1 aliphatic heterocycles. The molecule has 3 rings (SSSR count). The SMILES string of the molecule is C=CCOc1ccc(C(=O)N(Cc2cccc(OC)c2)CC2CCCO2)cc1OC. The molecule has 6 heteroatoms. The Kier molecular flexibility index (Phi) is 7.74. The number of rotatable bonds is 10. The summed E-state index contributed by atoms with van der Waals surface area (Å²) in [5.41, 5.74) is 1.54. The minimum Gasteiger partial charge on any atom is -0.497 e. The molecule has 0 aliphatic carbocycles. The highest BCUT2D eigenvalue weighted by molar-refractivity contribution is 5.95. The summed E-state index contributed by atoms with van der Waals surface area (Å²) in [7, 11) is 3.20. The van der Waals surface area contributed by atoms with Crippen molar-refractivity contribution < 1.29 is 23.7 Å². The molecule has 30 heavy (non-hydrogen) atoms. The Labute approximate surface area is 178 Å². The second-order valence-electron chi connectivity index (χ2n) is 7.14. The van der Waals surface area contributed by atoms with Crippen molar-refractivity contribution in [1.82, 2.24) is 4.90 Å². The molecule has 0 spiro atoms. The second kappa shape index (κ2) is 10.7. The van der Waals surface area contributed by atoms with Gasteiger partial charge in [-0.15, -0.1) is 0 Å². The largest absolute Gasteiger partial charge is 0.497 e. The number of amides is 1. The average molecular weight is 411 g/mol. The molecule has 1 fully saturated rings. The Morgan fingerprint density at radius 1 is 1.20 bits per heavy atom. The molecule has 1 unspecified atom stereocenters. The lowest BCUT2D eigenvalue weighted by atomic mass is 10.1. The molecule has 0 saturated carbocycles. The summed E-state index contributed by atoms with van der Waals surface area (Å²) in [6, 6.07) is 13.0. The molecule has 2 aromatic carbocycles. The van der Waals surface area contributed by atoms with Crippen LogP contribution in [0.3, 0.4) is 0 Å². The summed E-state index contributed by atoms with van der Waals surface area (Å²) in [4.78, 5) is 15.2. The summed E-state index contributed by atoms with van der Waals surface area (Å²) in [5.74, 6) is 1.78. The first-order chi connectivity index (χ1) is 14.6. The van der Waals surface area contributed by atoms with Gasteiger partial charge in [-0.3, -0.25) is 4.79 Å². The van der Waals surface area contributed by atoms with Gasteiger partial charge in [-0.25, -0.2) is 0 Å². The van der Waals surface area contributed by atoms with E-state index in [9.17, 15) is 4.79 Å². The highest BCUT2D eigenvalue weighted by Gasteiger charge is 2.24. The van der Waals surface area contributed by atoms with Gasteiger partial charge in [0.15, 0.2) is 11.5 Å². The first-order valence-corrected chi connectivity index (χ1v) is 10.1. The van der Waals surface area contributed by atoms with Crippen molar-refractivity contribution in [3.05, 3.63) is 66.2 Å². The summed E-state index contributed by atoms with van der Waals surface area (Å²) >= 11 is 0. The number of carbonyl (C=O) groups excluding carboxylic acids is 1. The smallest absolute Gasteiger partial charge is 0.254 e. The lowest BCUT2D eigenvalue weighted by Gasteiger charge is -2.26. The summed E-state index contributed by atoms with van der Waals surface area (Å²) < 4.78 is 22.1. The maximum absolute atomic E-state index is 13.4. The Hall–Kier alpha value is -2.99. The molecule has 1 saturated heterocycles. The van der Waals surface area contributed by atoms with Gasteiger partial charge in [0.1, 0.15) is 12.4 Å². The maximum atomic E-state index is 13.4. The van der Waals surface area contributed by atoms with E-state index < -0.39 is 0 Å². The topological polar surface area (TPSA) is 57.2 Å². The van der Waals surface area contributed by atoms with Crippen LogP contribution in [-0.4, -0.2) is 50.9 Å². The van der Waals surface area contributed by atoms with Crippen LogP contribution in [0.4, 0.5) is 0 Å². The molecule has 160 valence electrons. The molecular weight excluding hydrogens is 382 g/mol. The molecule has 0 N–H and O–H groups in total. The maximum Gasteiger partial charge on any atom is 0.254 e. The summed E-state index contributed by atoms with van der Waals surface area (Å²) in [6.07, 6.45) is 3.70. The zero-order valence-corrected chi connectivity index (χ0v) is 17.6. The van der Waals surface area contributed by atoms with Crippen LogP contribution < -0.4 is 14.2 Å². The van der Waals surface area contributed by atoms with Crippen LogP contribution in [0.1, 0.15) is 28.8 Å². The van der Waals surface area contributed by atoms with E-state index >= 15 is 0 Å². The number of methoxy groups -OCH3 is 2. The van der Waals surface area contributed by atoms with Crippen molar-refractivity contribution in [3.8, 4) is 17.2 Å². The molecular formula is C24H29NO5. The number of hydrogen-bond donors (Lipinski definition) is 0. The van der Waals surface area contributed by atoms with Crippen molar-refractivity contribution in [2.75, 3.05) is 34.0 Å². The molecule has 0 aromatic heterocycles. The third-order valence-corrected chi connectivity index (χ3v) is 5.01. The van der Waals surface area contributed by atoms with Gasteiger partial charge in [-0.1, -0.05) is 24.8 Å². The molecule has 6 nitrogen and oxygen atoms in total. The Balaban J connectivity index is 1.84. The number of nitrogens with zero attached hydrogens (tertiary/aromatic N) is 1. The van der Waals surface area contributed by atoms with Crippen molar-refractivity contribution >= 4 is 5.91 Å². The highest BCUT2D eigenvalue weighted by Crippen LogP contribution is 2.29. The van der Waals surface area contributed by atoms with Crippen LogP contribution in [-0.2, 0) is 11.3 Å². The van der Waals surface area contributed by atoms with Gasteiger partial charge in [0.25, 0.3) is 5.91 Å². The Bertz CT molecular complexity index is 860. The van der Waals surface area contributed by atoms with Gasteiger partial charge in [0.05, 0.1) is 20.3 Å². The monoisotopic (exact) mass is 411 g/mol. The van der Waals surface area contributed by atoms with E-state index in [1.54, 1.807) is 38.5 Å².